The van der Waals surface area contributed by atoms with Gasteiger partial charge in [0.15, 0.2) is 11.5 Å². The van der Waals surface area contributed by atoms with Crippen LogP contribution in [0.1, 0.15) is 18.7 Å². The van der Waals surface area contributed by atoms with Gasteiger partial charge >= 0.3 is 6.18 Å². The van der Waals surface area contributed by atoms with Crippen molar-refractivity contribution >= 4 is 24.4 Å². The summed E-state index contributed by atoms with van der Waals surface area (Å²) in [5.74, 6) is 1.05. The number of halogens is 3. The van der Waals surface area contributed by atoms with Gasteiger partial charge in [0.2, 0.25) is 0 Å². The van der Waals surface area contributed by atoms with Gasteiger partial charge < -0.3 is 9.80 Å². The van der Waals surface area contributed by atoms with Crippen LogP contribution in [0.4, 0.5) is 19.0 Å². The minimum Gasteiger partial charge on any atom is -0.356 e. The van der Waals surface area contributed by atoms with Crippen molar-refractivity contribution in [1.29, 1.82) is 0 Å². The molecule has 6 nitrogen and oxygen atoms in total. The number of alkyl halides is 3. The Kier molecular flexibility index (Phi) is 4.82. The molecule has 0 saturated carbocycles. The maximum Gasteiger partial charge on any atom is 0.434 e. The number of allylic oxidation sites excluding steroid dienone is 1. The Hall–Kier alpha value is -2.71. The minimum absolute atomic E-state index is 0.165. The van der Waals surface area contributed by atoms with Gasteiger partial charge in [-0.2, -0.15) is 13.2 Å². The average Bonchev–Trinajstić information content (AvgIpc) is 3.14. The zero-order valence-electron chi connectivity index (χ0n) is 13.4. The molecule has 1 aromatic rings. The zero-order valence-corrected chi connectivity index (χ0v) is 13.4. The molecular weight excluding hydrogens is 333 g/mol. The number of rotatable bonds is 4. The molecule has 2 aliphatic rings. The molecule has 1 fully saturated rings. The monoisotopic (exact) mass is 350 g/mol. The predicted molar refractivity (Wildman–Crippen MR) is 90.3 cm³/mol. The number of aromatic nitrogens is 2. The Balaban J connectivity index is 1.93. The summed E-state index contributed by atoms with van der Waals surface area (Å²) >= 11 is 0. The molecule has 3 heterocycles. The molecule has 0 radical (unpaired) electrons. The van der Waals surface area contributed by atoms with E-state index in [0.717, 1.165) is 37.9 Å². The highest BCUT2D eigenvalue weighted by Gasteiger charge is 2.35. The van der Waals surface area contributed by atoms with Crippen LogP contribution in [0.3, 0.4) is 0 Å². The van der Waals surface area contributed by atoms with E-state index >= 15 is 0 Å². The first kappa shape index (κ1) is 17.1. The van der Waals surface area contributed by atoms with Gasteiger partial charge in [0.25, 0.3) is 0 Å². The van der Waals surface area contributed by atoms with Crippen molar-refractivity contribution in [3.8, 4) is 0 Å². The number of nitrogens with zero attached hydrogens (tertiary/aromatic N) is 6. The van der Waals surface area contributed by atoms with Crippen molar-refractivity contribution in [3.05, 3.63) is 36.2 Å². The number of hydrogen-bond acceptors (Lipinski definition) is 6. The first-order valence-corrected chi connectivity index (χ1v) is 7.81. The highest BCUT2D eigenvalue weighted by molar-refractivity contribution is 5.70. The van der Waals surface area contributed by atoms with E-state index in [0.29, 0.717) is 11.5 Å². The van der Waals surface area contributed by atoms with Gasteiger partial charge in [-0.3, -0.25) is 9.98 Å². The van der Waals surface area contributed by atoms with Gasteiger partial charge in [-0.05, 0) is 25.6 Å². The molecule has 1 saturated heterocycles. The van der Waals surface area contributed by atoms with E-state index in [2.05, 4.69) is 31.6 Å². The Labute approximate surface area is 143 Å². The molecule has 0 atom stereocenters. The second-order valence-electron chi connectivity index (χ2n) is 5.61. The van der Waals surface area contributed by atoms with Crippen molar-refractivity contribution in [1.82, 2.24) is 14.9 Å². The fraction of sp³-hybridized carbons (Fsp3) is 0.375. The highest BCUT2D eigenvalue weighted by atomic mass is 19.4. The van der Waals surface area contributed by atoms with Gasteiger partial charge in [0, 0.05) is 31.7 Å². The van der Waals surface area contributed by atoms with Crippen molar-refractivity contribution in [2.75, 3.05) is 24.5 Å². The molecule has 9 heteroatoms. The average molecular weight is 350 g/mol. The van der Waals surface area contributed by atoms with E-state index in [-0.39, 0.29) is 6.54 Å². The van der Waals surface area contributed by atoms with Crippen LogP contribution in [-0.4, -0.2) is 53.6 Å². The molecule has 0 bridgehead atoms. The van der Waals surface area contributed by atoms with Crippen molar-refractivity contribution in [2.24, 2.45) is 9.98 Å². The molecule has 0 aliphatic carbocycles. The van der Waals surface area contributed by atoms with E-state index in [4.69, 9.17) is 0 Å². The lowest BCUT2D eigenvalue weighted by Crippen LogP contribution is -2.27. The van der Waals surface area contributed by atoms with Gasteiger partial charge in [-0.15, -0.1) is 0 Å². The zero-order chi connectivity index (χ0) is 17.9. The number of hydrogen-bond donors (Lipinski definition) is 0. The fourth-order valence-corrected chi connectivity index (χ4v) is 2.72. The maximum absolute atomic E-state index is 12.9. The van der Waals surface area contributed by atoms with E-state index in [9.17, 15) is 13.2 Å². The largest absolute Gasteiger partial charge is 0.434 e. The molecule has 0 amide bonds. The van der Waals surface area contributed by atoms with Crippen LogP contribution in [0.25, 0.3) is 5.70 Å². The van der Waals surface area contributed by atoms with Gasteiger partial charge in [0.05, 0.1) is 12.7 Å². The van der Waals surface area contributed by atoms with Crippen molar-refractivity contribution < 1.29 is 13.2 Å². The molecule has 0 aromatic carbocycles. The third-order valence-corrected chi connectivity index (χ3v) is 3.90. The SMILES string of the molecule is C=N/C=C(/c1nccc(N2CCCC2)n1)N1C=C(C(F)(F)F)N=CC1. The first-order chi connectivity index (χ1) is 12.0. The lowest BCUT2D eigenvalue weighted by molar-refractivity contribution is -0.0934. The van der Waals surface area contributed by atoms with Crippen molar-refractivity contribution in [2.45, 2.75) is 19.0 Å². The summed E-state index contributed by atoms with van der Waals surface area (Å²) < 4.78 is 38.8. The lowest BCUT2D eigenvalue weighted by Gasteiger charge is -2.25. The summed E-state index contributed by atoms with van der Waals surface area (Å²) in [6.45, 7) is 5.37. The van der Waals surface area contributed by atoms with Crippen LogP contribution in [0.2, 0.25) is 0 Å². The van der Waals surface area contributed by atoms with E-state index in [1.54, 1.807) is 12.3 Å². The molecule has 0 unspecified atom stereocenters. The highest BCUT2D eigenvalue weighted by Crippen LogP contribution is 2.30. The van der Waals surface area contributed by atoms with Crippen LogP contribution < -0.4 is 4.90 Å². The third kappa shape index (κ3) is 3.86. The van der Waals surface area contributed by atoms with Crippen LogP contribution in [0.15, 0.2) is 40.3 Å². The summed E-state index contributed by atoms with van der Waals surface area (Å²) in [5, 5.41) is 0. The second-order valence-corrected chi connectivity index (χ2v) is 5.61. The van der Waals surface area contributed by atoms with E-state index in [1.807, 2.05) is 0 Å². The molecule has 2 aliphatic heterocycles. The van der Waals surface area contributed by atoms with Crippen LogP contribution in [-0.2, 0) is 0 Å². The molecule has 0 spiro atoms. The molecule has 3 rings (SSSR count). The number of anilines is 1. The van der Waals surface area contributed by atoms with Crippen LogP contribution in [0.5, 0.6) is 0 Å². The minimum atomic E-state index is -4.53. The van der Waals surface area contributed by atoms with Crippen LogP contribution >= 0.6 is 0 Å². The molecule has 25 heavy (non-hydrogen) atoms. The van der Waals surface area contributed by atoms with Crippen LogP contribution in [0, 0.1) is 0 Å². The first-order valence-electron chi connectivity index (χ1n) is 7.81. The standard InChI is InChI=1S/C16H17F3N6/c1-20-10-12(25-9-6-21-13(11-25)16(17,18)19)15-22-5-4-14(23-15)24-7-2-3-8-24/h4-6,10-11H,1-3,7-9H2/b12-10-. The van der Waals surface area contributed by atoms with Gasteiger partial charge in [-0.1, -0.05) is 0 Å². The smallest absolute Gasteiger partial charge is 0.356 e. The molecule has 132 valence electrons. The van der Waals surface area contributed by atoms with Crippen molar-refractivity contribution in [3.63, 3.8) is 0 Å². The van der Waals surface area contributed by atoms with E-state index < -0.39 is 11.9 Å². The molecule has 1 aromatic heterocycles. The predicted octanol–water partition coefficient (Wildman–Crippen LogP) is 2.87. The summed E-state index contributed by atoms with van der Waals surface area (Å²) in [6, 6.07) is 1.79. The fourth-order valence-electron chi connectivity index (χ4n) is 2.72. The summed E-state index contributed by atoms with van der Waals surface area (Å²) in [6.07, 6.45) is 2.74. The topological polar surface area (TPSA) is 57.0 Å². The summed E-state index contributed by atoms with van der Waals surface area (Å²) in [4.78, 5) is 19.3. The Morgan fingerprint density at radius 2 is 2.04 bits per heavy atom. The van der Waals surface area contributed by atoms with E-state index in [1.165, 1.54) is 17.3 Å². The normalized spacial score (nSPS) is 18.5. The molecule has 0 N–H and O–H groups in total. The summed E-state index contributed by atoms with van der Waals surface area (Å²) in [5.41, 5.74) is -0.645. The van der Waals surface area contributed by atoms with Gasteiger partial charge in [0.1, 0.15) is 11.5 Å². The molecular formula is C16H17F3N6. The van der Waals surface area contributed by atoms with Gasteiger partial charge in [-0.25, -0.2) is 9.97 Å². The third-order valence-electron chi connectivity index (χ3n) is 3.90. The Morgan fingerprint density at radius 3 is 2.72 bits per heavy atom. The maximum atomic E-state index is 12.9. The number of aliphatic imine (C=N–C) groups is 2. The summed E-state index contributed by atoms with van der Waals surface area (Å²) in [7, 11) is 0. The quantitative estimate of drug-likeness (QED) is 0.784. The Bertz CT molecular complexity index is 732. The lowest BCUT2D eigenvalue weighted by atomic mass is 10.3. The second kappa shape index (κ2) is 7.04. The Morgan fingerprint density at radius 1 is 1.28 bits per heavy atom.